The van der Waals surface area contributed by atoms with E-state index in [9.17, 15) is 4.79 Å². The molecule has 5 heteroatoms. The van der Waals surface area contributed by atoms with Crippen molar-refractivity contribution in [3.63, 3.8) is 0 Å². The first-order valence-electron chi connectivity index (χ1n) is 8.61. The van der Waals surface area contributed by atoms with E-state index in [1.807, 2.05) is 18.5 Å². The van der Waals surface area contributed by atoms with E-state index < -0.39 is 0 Å². The van der Waals surface area contributed by atoms with Gasteiger partial charge in [0.1, 0.15) is 5.65 Å². The molecule has 0 radical (unpaired) electrons. The molecule has 4 rings (SSSR count). The summed E-state index contributed by atoms with van der Waals surface area (Å²) in [6.07, 6.45) is 7.81. The number of likely N-dealkylation sites (tertiary alicyclic amines) is 1. The van der Waals surface area contributed by atoms with Gasteiger partial charge in [0.15, 0.2) is 0 Å². The molecule has 4 heterocycles. The Bertz CT molecular complexity index is 690. The lowest BCUT2D eigenvalue weighted by molar-refractivity contribution is -0.139. The molecule has 0 saturated carbocycles. The highest BCUT2D eigenvalue weighted by molar-refractivity contribution is 5.79. The van der Waals surface area contributed by atoms with Crippen molar-refractivity contribution in [1.29, 1.82) is 0 Å². The number of nitrogens with zero attached hydrogens (tertiary/aromatic N) is 3. The summed E-state index contributed by atoms with van der Waals surface area (Å²) >= 11 is 0. The van der Waals surface area contributed by atoms with Gasteiger partial charge in [0.25, 0.3) is 0 Å². The quantitative estimate of drug-likeness (QED) is 0.855. The number of aromatic nitrogens is 2. The normalized spacial score (nSPS) is 23.3. The van der Waals surface area contributed by atoms with E-state index in [2.05, 4.69) is 26.4 Å². The van der Waals surface area contributed by atoms with Crippen LogP contribution in [-0.4, -0.2) is 46.5 Å². The predicted octanol–water partition coefficient (Wildman–Crippen LogP) is 2.47. The summed E-state index contributed by atoms with van der Waals surface area (Å²) < 4.78 is 7.55. The number of ether oxygens (including phenoxy) is 1. The molecule has 122 valence electrons. The lowest BCUT2D eigenvalue weighted by Crippen LogP contribution is -2.43. The maximum Gasteiger partial charge on any atom is 0.225 e. The van der Waals surface area contributed by atoms with Gasteiger partial charge < -0.3 is 14.0 Å². The Labute approximate surface area is 136 Å². The van der Waals surface area contributed by atoms with Gasteiger partial charge in [-0.15, -0.1) is 0 Å². The zero-order chi connectivity index (χ0) is 15.6. The van der Waals surface area contributed by atoms with E-state index in [1.54, 1.807) is 0 Å². The van der Waals surface area contributed by atoms with E-state index in [4.69, 9.17) is 4.74 Å². The van der Waals surface area contributed by atoms with E-state index in [1.165, 1.54) is 5.69 Å². The largest absolute Gasteiger partial charge is 0.381 e. The van der Waals surface area contributed by atoms with Crippen molar-refractivity contribution >= 4 is 11.6 Å². The Morgan fingerprint density at radius 2 is 2.09 bits per heavy atom. The predicted molar refractivity (Wildman–Crippen MR) is 87.3 cm³/mol. The molecule has 1 amide bonds. The highest BCUT2D eigenvalue weighted by atomic mass is 16.5. The number of carbonyl (C=O) groups excluding carboxylic acids is 1. The highest BCUT2D eigenvalue weighted by Crippen LogP contribution is 2.29. The van der Waals surface area contributed by atoms with Crippen LogP contribution in [0.1, 0.15) is 37.3 Å². The van der Waals surface area contributed by atoms with Gasteiger partial charge in [0.05, 0.1) is 0 Å². The first-order valence-corrected chi connectivity index (χ1v) is 8.61. The van der Waals surface area contributed by atoms with E-state index in [0.29, 0.717) is 11.8 Å². The maximum atomic E-state index is 12.8. The number of imidazole rings is 1. The Morgan fingerprint density at radius 1 is 1.22 bits per heavy atom. The number of carbonyl (C=O) groups is 1. The number of rotatable bonds is 2. The minimum Gasteiger partial charge on any atom is -0.381 e. The van der Waals surface area contributed by atoms with Gasteiger partial charge in [-0.1, -0.05) is 6.07 Å². The van der Waals surface area contributed by atoms with Gasteiger partial charge in [-0.2, -0.15) is 0 Å². The fourth-order valence-corrected chi connectivity index (χ4v) is 3.92. The fourth-order valence-electron chi connectivity index (χ4n) is 3.92. The summed E-state index contributed by atoms with van der Waals surface area (Å²) in [6.45, 7) is 3.17. The standard InChI is InChI=1S/C18H23N3O2/c22-18(14-6-11-23-12-7-14)20-9-2-3-15(13-20)16-4-1-5-17-19-8-10-21(16)17/h1,4-5,8,10,14-15H,2-3,6-7,9,11-13H2/t15-/m1/s1. The average Bonchev–Trinajstić information content (AvgIpc) is 3.10. The fraction of sp³-hybridized carbons (Fsp3) is 0.556. The summed E-state index contributed by atoms with van der Waals surface area (Å²) in [5, 5.41) is 0. The van der Waals surface area contributed by atoms with Crippen molar-refractivity contribution in [2.45, 2.75) is 31.6 Å². The molecule has 2 aromatic heterocycles. The molecule has 0 bridgehead atoms. The van der Waals surface area contributed by atoms with E-state index in [0.717, 1.165) is 57.6 Å². The van der Waals surface area contributed by atoms with Crippen LogP contribution in [0.4, 0.5) is 0 Å². The average molecular weight is 313 g/mol. The van der Waals surface area contributed by atoms with Crippen LogP contribution in [0.25, 0.3) is 5.65 Å². The third-order valence-electron chi connectivity index (χ3n) is 5.18. The van der Waals surface area contributed by atoms with E-state index >= 15 is 0 Å². The van der Waals surface area contributed by atoms with Gasteiger partial charge in [-0.25, -0.2) is 4.98 Å². The molecule has 2 fully saturated rings. The number of pyridine rings is 1. The zero-order valence-electron chi connectivity index (χ0n) is 13.4. The third-order valence-corrected chi connectivity index (χ3v) is 5.18. The second-order valence-electron chi connectivity index (χ2n) is 6.62. The molecule has 2 aliphatic heterocycles. The van der Waals surface area contributed by atoms with Crippen LogP contribution in [0, 0.1) is 5.92 Å². The molecule has 0 aliphatic carbocycles. The molecule has 2 aliphatic rings. The van der Waals surface area contributed by atoms with Crippen molar-refractivity contribution in [2.24, 2.45) is 5.92 Å². The molecular weight excluding hydrogens is 290 g/mol. The SMILES string of the molecule is O=C(C1CCOCC1)N1CCC[C@@H](c2cccc3nccn23)C1. The van der Waals surface area contributed by atoms with Gasteiger partial charge in [-0.3, -0.25) is 4.79 Å². The van der Waals surface area contributed by atoms with Crippen molar-refractivity contribution < 1.29 is 9.53 Å². The minimum atomic E-state index is 0.159. The molecule has 0 N–H and O–H groups in total. The summed E-state index contributed by atoms with van der Waals surface area (Å²) in [5.41, 5.74) is 2.25. The monoisotopic (exact) mass is 313 g/mol. The van der Waals surface area contributed by atoms with Crippen molar-refractivity contribution in [1.82, 2.24) is 14.3 Å². The summed E-state index contributed by atoms with van der Waals surface area (Å²) in [5.74, 6) is 0.882. The van der Waals surface area contributed by atoms with Crippen molar-refractivity contribution in [3.8, 4) is 0 Å². The number of hydrogen-bond acceptors (Lipinski definition) is 3. The Morgan fingerprint density at radius 3 is 2.96 bits per heavy atom. The molecule has 5 nitrogen and oxygen atoms in total. The first-order chi connectivity index (χ1) is 11.3. The molecule has 0 spiro atoms. The van der Waals surface area contributed by atoms with E-state index in [-0.39, 0.29) is 5.92 Å². The van der Waals surface area contributed by atoms with Crippen molar-refractivity contribution in [3.05, 3.63) is 36.3 Å². The summed E-state index contributed by atoms with van der Waals surface area (Å²) in [4.78, 5) is 19.2. The van der Waals surface area contributed by atoms with Crippen LogP contribution in [0.5, 0.6) is 0 Å². The van der Waals surface area contributed by atoms with Crippen LogP contribution in [0.15, 0.2) is 30.6 Å². The Balaban J connectivity index is 1.52. The first kappa shape index (κ1) is 14.7. The maximum absolute atomic E-state index is 12.8. The summed E-state index contributed by atoms with van der Waals surface area (Å²) in [7, 11) is 0. The number of fused-ring (bicyclic) bond motifs is 1. The van der Waals surface area contributed by atoms with Crippen molar-refractivity contribution in [2.75, 3.05) is 26.3 Å². The number of hydrogen-bond donors (Lipinski definition) is 0. The number of amides is 1. The van der Waals surface area contributed by atoms with Gasteiger partial charge in [0, 0.05) is 56.2 Å². The van der Waals surface area contributed by atoms with Crippen LogP contribution in [0.2, 0.25) is 0 Å². The lowest BCUT2D eigenvalue weighted by atomic mass is 9.91. The van der Waals surface area contributed by atoms with Gasteiger partial charge in [0.2, 0.25) is 5.91 Å². The topological polar surface area (TPSA) is 46.8 Å². The number of piperidine rings is 1. The van der Waals surface area contributed by atoms with Gasteiger partial charge >= 0.3 is 0 Å². The molecule has 2 aromatic rings. The smallest absolute Gasteiger partial charge is 0.225 e. The zero-order valence-corrected chi connectivity index (χ0v) is 13.4. The molecule has 0 unspecified atom stereocenters. The second-order valence-corrected chi connectivity index (χ2v) is 6.62. The third kappa shape index (κ3) is 2.85. The van der Waals surface area contributed by atoms with Crippen LogP contribution < -0.4 is 0 Å². The van der Waals surface area contributed by atoms with Crippen LogP contribution >= 0.6 is 0 Å². The molecule has 0 aromatic carbocycles. The molecule has 23 heavy (non-hydrogen) atoms. The Hall–Kier alpha value is -1.88. The van der Waals surface area contributed by atoms with Gasteiger partial charge in [-0.05, 0) is 37.8 Å². The second kappa shape index (κ2) is 6.32. The lowest BCUT2D eigenvalue weighted by Gasteiger charge is -2.36. The molecule has 2 saturated heterocycles. The Kier molecular flexibility index (Phi) is 4.04. The van der Waals surface area contributed by atoms with Crippen LogP contribution in [0.3, 0.4) is 0 Å². The molecule has 1 atom stereocenters. The molecular formula is C18H23N3O2. The minimum absolute atomic E-state index is 0.159. The highest BCUT2D eigenvalue weighted by Gasteiger charge is 2.31. The van der Waals surface area contributed by atoms with Crippen LogP contribution in [-0.2, 0) is 9.53 Å². The summed E-state index contributed by atoms with van der Waals surface area (Å²) in [6, 6.07) is 6.26.